The molecular weight excluding hydrogens is 608 g/mol. The lowest BCUT2D eigenvalue weighted by molar-refractivity contribution is -0.137. The number of hydrogen-bond donors (Lipinski definition) is 4. The van der Waals surface area contributed by atoms with Crippen molar-refractivity contribution in [3.8, 4) is 0 Å². The molecule has 0 bridgehead atoms. The summed E-state index contributed by atoms with van der Waals surface area (Å²) in [4.78, 5) is 59.2. The number of urea groups is 1. The molecule has 2 heterocycles. The van der Waals surface area contributed by atoms with Crippen molar-refractivity contribution in [1.29, 1.82) is 0 Å². The summed E-state index contributed by atoms with van der Waals surface area (Å²) >= 11 is 5.98. The monoisotopic (exact) mass is 640 g/mol. The zero-order valence-corrected chi connectivity index (χ0v) is 25.6. The Kier molecular flexibility index (Phi) is 10.5. The number of nitrogens with one attached hydrogen (secondary N) is 3. The van der Waals surface area contributed by atoms with Crippen molar-refractivity contribution >= 4 is 52.5 Å². The highest BCUT2D eigenvalue weighted by Crippen LogP contribution is 2.30. The largest absolute Gasteiger partial charge is 0.481 e. The number of aliphatic carboxylic acids is 1. The highest BCUT2D eigenvalue weighted by Gasteiger charge is 2.24. The van der Waals surface area contributed by atoms with Crippen molar-refractivity contribution in [2.75, 3.05) is 41.7 Å². The fourth-order valence-corrected chi connectivity index (χ4v) is 5.37. The number of benzene rings is 3. The molecule has 4 N–H and O–H groups in total. The molecule has 3 aromatic carbocycles. The molecule has 1 aromatic heterocycles. The Labute approximate surface area is 271 Å². The van der Waals surface area contributed by atoms with E-state index < -0.39 is 23.9 Å². The minimum absolute atomic E-state index is 0.0420. The molecule has 1 aliphatic rings. The number of amides is 4. The fourth-order valence-electron chi connectivity index (χ4n) is 5.25. The summed E-state index contributed by atoms with van der Waals surface area (Å²) in [6, 6.07) is 22.7. The van der Waals surface area contributed by atoms with Crippen LogP contribution >= 0.6 is 11.6 Å². The average molecular weight is 641 g/mol. The van der Waals surface area contributed by atoms with E-state index in [0.29, 0.717) is 65.8 Å². The fraction of sp³-hybridized carbons (Fsp3) is 0.206. The second-order valence-corrected chi connectivity index (χ2v) is 11.2. The van der Waals surface area contributed by atoms with Crippen LogP contribution in [0.3, 0.4) is 0 Å². The van der Waals surface area contributed by atoms with Gasteiger partial charge in [-0.25, -0.2) is 4.79 Å². The minimum Gasteiger partial charge on any atom is -0.481 e. The number of carboxylic acids is 1. The van der Waals surface area contributed by atoms with Gasteiger partial charge in [-0.3, -0.25) is 19.4 Å². The normalized spacial score (nSPS) is 13.7. The molecule has 5 rings (SSSR count). The summed E-state index contributed by atoms with van der Waals surface area (Å²) in [6.07, 6.45) is 3.43. The molecule has 1 fully saturated rings. The number of hydrogen-bond acceptors (Lipinski definition) is 6. The number of rotatable bonds is 9. The van der Waals surface area contributed by atoms with E-state index in [1.54, 1.807) is 72.9 Å². The van der Waals surface area contributed by atoms with Crippen LogP contribution in [0.1, 0.15) is 45.2 Å². The van der Waals surface area contributed by atoms with Crippen LogP contribution in [-0.2, 0) is 4.79 Å². The van der Waals surface area contributed by atoms with E-state index in [1.165, 1.54) is 6.20 Å². The van der Waals surface area contributed by atoms with Crippen LogP contribution in [0.15, 0.2) is 97.3 Å². The molecule has 12 heteroatoms. The predicted molar refractivity (Wildman–Crippen MR) is 176 cm³/mol. The standard InChI is InChI=1S/C34H33ClN6O5/c35-26-10-12-27(13-11-26)37-34(46)39-29-20-24(32(44)38-28(21-31(42)43)25-8-4-15-36-22-25)9-14-30(29)40-16-5-17-41(19-18-40)33(45)23-6-2-1-3-7-23/h1-4,6-15,20,22,28H,5,16-19,21H2,(H,38,44)(H,42,43)(H2,37,39,46). The van der Waals surface area contributed by atoms with E-state index in [9.17, 15) is 24.3 Å². The first kappa shape index (κ1) is 32.0. The molecule has 236 valence electrons. The maximum atomic E-state index is 13.4. The van der Waals surface area contributed by atoms with E-state index in [1.807, 2.05) is 23.1 Å². The molecule has 0 aliphatic carbocycles. The molecule has 4 amide bonds. The summed E-state index contributed by atoms with van der Waals surface area (Å²) in [5, 5.41) is 18.4. The van der Waals surface area contributed by atoms with Crippen LogP contribution in [0, 0.1) is 0 Å². The Morgan fingerprint density at radius 2 is 1.63 bits per heavy atom. The predicted octanol–water partition coefficient (Wildman–Crippen LogP) is 5.68. The summed E-state index contributed by atoms with van der Waals surface area (Å²) < 4.78 is 0. The molecular formula is C34H33ClN6O5. The highest BCUT2D eigenvalue weighted by atomic mass is 35.5. The van der Waals surface area contributed by atoms with Crippen LogP contribution in [0.25, 0.3) is 0 Å². The lowest BCUT2D eigenvalue weighted by atomic mass is 10.0. The van der Waals surface area contributed by atoms with Gasteiger partial charge in [-0.2, -0.15) is 0 Å². The number of halogens is 1. The Morgan fingerprint density at radius 1 is 0.848 bits per heavy atom. The van der Waals surface area contributed by atoms with E-state index in [4.69, 9.17) is 11.6 Å². The first-order chi connectivity index (χ1) is 22.3. The van der Waals surface area contributed by atoms with Gasteiger partial charge in [0.25, 0.3) is 11.8 Å². The van der Waals surface area contributed by atoms with E-state index in [-0.39, 0.29) is 17.9 Å². The molecule has 11 nitrogen and oxygen atoms in total. The van der Waals surface area contributed by atoms with Gasteiger partial charge in [0, 0.05) is 60.4 Å². The third-order valence-electron chi connectivity index (χ3n) is 7.52. The molecule has 46 heavy (non-hydrogen) atoms. The van der Waals surface area contributed by atoms with E-state index in [2.05, 4.69) is 25.8 Å². The smallest absolute Gasteiger partial charge is 0.323 e. The van der Waals surface area contributed by atoms with E-state index >= 15 is 0 Å². The second-order valence-electron chi connectivity index (χ2n) is 10.7. The number of nitrogens with zero attached hydrogens (tertiary/aromatic N) is 3. The number of carboxylic acid groups (broad SMARTS) is 1. The average Bonchev–Trinajstić information content (AvgIpc) is 3.32. The molecule has 1 unspecified atom stereocenters. The van der Waals surface area contributed by atoms with Gasteiger partial charge in [0.2, 0.25) is 0 Å². The summed E-state index contributed by atoms with van der Waals surface area (Å²) in [6.45, 7) is 2.15. The van der Waals surface area contributed by atoms with Gasteiger partial charge in [-0.1, -0.05) is 35.9 Å². The van der Waals surface area contributed by atoms with Gasteiger partial charge in [-0.15, -0.1) is 0 Å². The second kappa shape index (κ2) is 15.0. The maximum Gasteiger partial charge on any atom is 0.323 e. The summed E-state index contributed by atoms with van der Waals surface area (Å²) in [5.41, 5.74) is 2.97. The SMILES string of the molecule is O=C(O)CC(NC(=O)c1ccc(N2CCCN(C(=O)c3ccccc3)CC2)c(NC(=O)Nc2ccc(Cl)cc2)c1)c1cccnc1. The molecule has 0 radical (unpaired) electrons. The quantitative estimate of drug-likeness (QED) is 0.184. The zero-order valence-electron chi connectivity index (χ0n) is 24.9. The van der Waals surface area contributed by atoms with Crippen LogP contribution in [0.2, 0.25) is 5.02 Å². The van der Waals surface area contributed by atoms with Gasteiger partial charge >= 0.3 is 12.0 Å². The Morgan fingerprint density at radius 3 is 2.35 bits per heavy atom. The highest BCUT2D eigenvalue weighted by molar-refractivity contribution is 6.30. The third kappa shape index (κ3) is 8.39. The number of carbonyl (C=O) groups excluding carboxylic acids is 3. The van der Waals surface area contributed by atoms with E-state index in [0.717, 1.165) is 0 Å². The summed E-state index contributed by atoms with van der Waals surface area (Å²) in [7, 11) is 0. The Bertz CT molecular complexity index is 1690. The molecule has 0 spiro atoms. The Balaban J connectivity index is 1.39. The lowest BCUT2D eigenvalue weighted by Gasteiger charge is -2.27. The maximum absolute atomic E-state index is 13.4. The van der Waals surface area contributed by atoms with Crippen molar-refractivity contribution in [3.63, 3.8) is 0 Å². The van der Waals surface area contributed by atoms with Gasteiger partial charge in [0.1, 0.15) is 0 Å². The van der Waals surface area contributed by atoms with Gasteiger partial charge < -0.3 is 30.9 Å². The van der Waals surface area contributed by atoms with Crippen molar-refractivity contribution in [3.05, 3.63) is 119 Å². The van der Waals surface area contributed by atoms with Crippen LogP contribution in [0.4, 0.5) is 21.9 Å². The molecule has 1 saturated heterocycles. The van der Waals surface area contributed by atoms with Gasteiger partial charge in [0.05, 0.1) is 23.8 Å². The van der Waals surface area contributed by atoms with Crippen molar-refractivity contribution in [2.24, 2.45) is 0 Å². The summed E-state index contributed by atoms with van der Waals surface area (Å²) in [5.74, 6) is -1.63. The topological polar surface area (TPSA) is 144 Å². The Hall–Kier alpha value is -5.42. The number of aromatic nitrogens is 1. The minimum atomic E-state index is -1.08. The number of pyridine rings is 1. The molecule has 4 aromatic rings. The van der Waals surface area contributed by atoms with Crippen LogP contribution in [0.5, 0.6) is 0 Å². The first-order valence-corrected chi connectivity index (χ1v) is 15.1. The molecule has 0 saturated carbocycles. The van der Waals surface area contributed by atoms with Crippen LogP contribution < -0.4 is 20.9 Å². The van der Waals surface area contributed by atoms with Crippen molar-refractivity contribution < 1.29 is 24.3 Å². The zero-order chi connectivity index (χ0) is 32.5. The number of anilines is 3. The van der Waals surface area contributed by atoms with Crippen molar-refractivity contribution in [1.82, 2.24) is 15.2 Å². The molecule has 1 aliphatic heterocycles. The van der Waals surface area contributed by atoms with Crippen molar-refractivity contribution in [2.45, 2.75) is 18.9 Å². The molecule has 1 atom stereocenters. The van der Waals surface area contributed by atoms with Gasteiger partial charge in [0.15, 0.2) is 0 Å². The first-order valence-electron chi connectivity index (χ1n) is 14.8. The van der Waals surface area contributed by atoms with Crippen LogP contribution in [-0.4, -0.2) is 65.0 Å². The third-order valence-corrected chi connectivity index (χ3v) is 7.78. The van der Waals surface area contributed by atoms with Gasteiger partial charge in [-0.05, 0) is 72.6 Å². The number of carbonyl (C=O) groups is 4. The lowest BCUT2D eigenvalue weighted by Crippen LogP contribution is -2.35.